The van der Waals surface area contributed by atoms with Gasteiger partial charge in [0.15, 0.2) is 6.61 Å². The molecule has 0 aliphatic heterocycles. The predicted molar refractivity (Wildman–Crippen MR) is 109 cm³/mol. The Morgan fingerprint density at radius 3 is 2.83 bits per heavy atom. The average Bonchev–Trinajstić information content (AvgIpc) is 3.47. The lowest BCUT2D eigenvalue weighted by molar-refractivity contribution is -0.139. The zero-order valence-corrected chi connectivity index (χ0v) is 16.7. The number of ether oxygens (including phenoxy) is 1. The fraction of sp³-hybridized carbons (Fsp3) is 0.143. The van der Waals surface area contributed by atoms with Crippen LogP contribution < -0.4 is 0 Å². The third-order valence-corrected chi connectivity index (χ3v) is 5.00. The van der Waals surface area contributed by atoms with Gasteiger partial charge >= 0.3 is 5.97 Å². The Hall–Kier alpha value is -3.52. The number of hydrogen-bond donors (Lipinski definition) is 0. The first-order valence-corrected chi connectivity index (χ1v) is 9.88. The van der Waals surface area contributed by atoms with E-state index in [1.54, 1.807) is 6.08 Å². The molecule has 0 spiro atoms. The molecule has 146 valence electrons. The van der Waals surface area contributed by atoms with Crippen LogP contribution >= 0.6 is 11.3 Å². The Kier molecular flexibility index (Phi) is 5.35. The molecule has 0 N–H and O–H groups in total. The van der Waals surface area contributed by atoms with E-state index in [1.165, 1.54) is 17.4 Å². The average molecular weight is 406 g/mol. The second-order valence-corrected chi connectivity index (χ2v) is 7.08. The number of aryl methyl sites for hydroxylation is 1. The van der Waals surface area contributed by atoms with E-state index in [-0.39, 0.29) is 6.61 Å². The van der Waals surface area contributed by atoms with Gasteiger partial charge in [-0.25, -0.2) is 9.48 Å². The second kappa shape index (κ2) is 8.24. The van der Waals surface area contributed by atoms with Gasteiger partial charge < -0.3 is 9.26 Å². The number of aromatic nitrogens is 4. The van der Waals surface area contributed by atoms with Crippen molar-refractivity contribution in [3.8, 4) is 17.1 Å². The minimum Gasteiger partial charge on any atom is -0.454 e. The van der Waals surface area contributed by atoms with Crippen molar-refractivity contribution < 1.29 is 14.1 Å². The number of thiophene rings is 1. The molecule has 0 bridgehead atoms. The van der Waals surface area contributed by atoms with Crippen molar-refractivity contribution in [3.05, 3.63) is 76.0 Å². The molecule has 0 amide bonds. The lowest BCUT2D eigenvalue weighted by Crippen LogP contribution is -2.02. The van der Waals surface area contributed by atoms with Crippen LogP contribution in [0.1, 0.15) is 22.8 Å². The van der Waals surface area contributed by atoms with Gasteiger partial charge in [-0.3, -0.25) is 0 Å². The fourth-order valence-corrected chi connectivity index (χ4v) is 3.50. The molecule has 1 aromatic carbocycles. The number of carbonyl (C=O) groups excluding carboxylic acids is 1. The molecular formula is C21H18N4O3S. The molecule has 0 saturated heterocycles. The maximum atomic E-state index is 12.1. The van der Waals surface area contributed by atoms with E-state index >= 15 is 0 Å². The molecule has 0 saturated carbocycles. The van der Waals surface area contributed by atoms with Crippen molar-refractivity contribution in [1.29, 1.82) is 0 Å². The van der Waals surface area contributed by atoms with Crippen LogP contribution in [0, 0.1) is 13.8 Å². The van der Waals surface area contributed by atoms with Crippen LogP contribution in [0.25, 0.3) is 23.2 Å². The normalized spacial score (nSPS) is 11.2. The molecule has 29 heavy (non-hydrogen) atoms. The van der Waals surface area contributed by atoms with Gasteiger partial charge in [0.2, 0.25) is 5.82 Å². The molecule has 0 fully saturated rings. The Morgan fingerprint density at radius 2 is 2.07 bits per heavy atom. The molecule has 8 heteroatoms. The lowest BCUT2D eigenvalue weighted by Gasteiger charge is -2.03. The van der Waals surface area contributed by atoms with E-state index < -0.39 is 5.97 Å². The van der Waals surface area contributed by atoms with Crippen molar-refractivity contribution in [2.45, 2.75) is 20.5 Å². The van der Waals surface area contributed by atoms with Gasteiger partial charge in [0.1, 0.15) is 0 Å². The van der Waals surface area contributed by atoms with E-state index in [0.717, 1.165) is 28.2 Å². The monoisotopic (exact) mass is 406 g/mol. The van der Waals surface area contributed by atoms with Gasteiger partial charge in [-0.15, -0.1) is 0 Å². The van der Waals surface area contributed by atoms with Crippen LogP contribution in [0.3, 0.4) is 0 Å². The summed E-state index contributed by atoms with van der Waals surface area (Å²) in [7, 11) is 0. The smallest absolute Gasteiger partial charge is 0.331 e. The Labute approximate surface area is 171 Å². The highest BCUT2D eigenvalue weighted by Crippen LogP contribution is 2.21. The SMILES string of the molecule is Cc1nn(-c2ccccc2)c(C)c1/C=C/C(=O)OCc1noc(-c2ccsc2)n1. The van der Waals surface area contributed by atoms with Crippen LogP contribution in [0.2, 0.25) is 0 Å². The fourth-order valence-electron chi connectivity index (χ4n) is 2.87. The third kappa shape index (κ3) is 4.17. The van der Waals surface area contributed by atoms with E-state index in [9.17, 15) is 4.79 Å². The van der Waals surface area contributed by atoms with Gasteiger partial charge in [-0.1, -0.05) is 23.4 Å². The number of rotatable bonds is 6. The Balaban J connectivity index is 1.41. The molecule has 3 aromatic heterocycles. The summed E-state index contributed by atoms with van der Waals surface area (Å²) in [6.07, 6.45) is 3.10. The minimum absolute atomic E-state index is 0.0575. The molecule has 0 aliphatic carbocycles. The van der Waals surface area contributed by atoms with E-state index in [1.807, 2.05) is 65.7 Å². The first kappa shape index (κ1) is 18.8. The van der Waals surface area contributed by atoms with E-state index in [2.05, 4.69) is 15.2 Å². The maximum absolute atomic E-state index is 12.1. The second-order valence-electron chi connectivity index (χ2n) is 6.30. The van der Waals surface area contributed by atoms with Crippen molar-refractivity contribution >= 4 is 23.4 Å². The summed E-state index contributed by atoms with van der Waals surface area (Å²) in [5.74, 6) is 0.239. The van der Waals surface area contributed by atoms with E-state index in [0.29, 0.717) is 11.7 Å². The first-order valence-electron chi connectivity index (χ1n) is 8.93. The summed E-state index contributed by atoms with van der Waals surface area (Å²) >= 11 is 1.54. The van der Waals surface area contributed by atoms with Gasteiger partial charge in [-0.05, 0) is 43.5 Å². The van der Waals surface area contributed by atoms with Crippen LogP contribution in [0.4, 0.5) is 0 Å². The highest BCUT2D eigenvalue weighted by molar-refractivity contribution is 7.08. The lowest BCUT2D eigenvalue weighted by atomic mass is 10.2. The zero-order chi connectivity index (χ0) is 20.2. The quantitative estimate of drug-likeness (QED) is 0.350. The highest BCUT2D eigenvalue weighted by Gasteiger charge is 2.12. The van der Waals surface area contributed by atoms with Crippen LogP contribution in [-0.2, 0) is 16.1 Å². The summed E-state index contributed by atoms with van der Waals surface area (Å²) in [5.41, 5.74) is 4.46. The molecule has 0 aliphatic rings. The van der Waals surface area contributed by atoms with Crippen LogP contribution in [-0.4, -0.2) is 25.9 Å². The molecule has 7 nitrogen and oxygen atoms in total. The van der Waals surface area contributed by atoms with E-state index in [4.69, 9.17) is 9.26 Å². The number of hydrogen-bond acceptors (Lipinski definition) is 7. The predicted octanol–water partition coefficient (Wildman–Crippen LogP) is 4.36. The summed E-state index contributed by atoms with van der Waals surface area (Å²) in [5, 5.41) is 12.2. The third-order valence-electron chi connectivity index (χ3n) is 4.31. The van der Waals surface area contributed by atoms with Gasteiger partial charge in [0.25, 0.3) is 5.89 Å². The molecule has 3 heterocycles. The summed E-state index contributed by atoms with van der Waals surface area (Å²) in [6.45, 7) is 3.81. The molecular weight excluding hydrogens is 388 g/mol. The topological polar surface area (TPSA) is 83.0 Å². The number of para-hydroxylation sites is 1. The number of carbonyl (C=O) groups is 1. The molecule has 4 rings (SSSR count). The largest absolute Gasteiger partial charge is 0.454 e. The van der Waals surface area contributed by atoms with Gasteiger partial charge in [0, 0.05) is 22.7 Å². The Morgan fingerprint density at radius 1 is 1.24 bits per heavy atom. The van der Waals surface area contributed by atoms with Crippen molar-refractivity contribution in [3.63, 3.8) is 0 Å². The minimum atomic E-state index is -0.488. The summed E-state index contributed by atoms with van der Waals surface area (Å²) in [6, 6.07) is 11.7. The van der Waals surface area contributed by atoms with Crippen molar-refractivity contribution in [1.82, 2.24) is 19.9 Å². The molecule has 0 radical (unpaired) electrons. The van der Waals surface area contributed by atoms with Crippen molar-refractivity contribution in [2.75, 3.05) is 0 Å². The first-order chi connectivity index (χ1) is 14.1. The highest BCUT2D eigenvalue weighted by atomic mass is 32.1. The number of nitrogens with zero attached hydrogens (tertiary/aromatic N) is 4. The van der Waals surface area contributed by atoms with Crippen LogP contribution in [0.5, 0.6) is 0 Å². The maximum Gasteiger partial charge on any atom is 0.331 e. The van der Waals surface area contributed by atoms with Gasteiger partial charge in [-0.2, -0.15) is 21.4 Å². The Bertz CT molecular complexity index is 1140. The number of esters is 1. The standard InChI is InChI=1S/C21H18N4O3S/c1-14-18(15(2)25(23-14)17-6-4-3-5-7-17)8-9-20(26)27-12-19-22-21(28-24-19)16-10-11-29-13-16/h3-11,13H,12H2,1-2H3/b9-8+. The zero-order valence-electron chi connectivity index (χ0n) is 15.9. The van der Waals surface area contributed by atoms with Gasteiger partial charge in [0.05, 0.1) is 16.9 Å². The number of benzene rings is 1. The molecule has 0 unspecified atom stereocenters. The molecule has 4 aromatic rings. The van der Waals surface area contributed by atoms with Crippen molar-refractivity contribution in [2.24, 2.45) is 0 Å². The summed E-state index contributed by atoms with van der Waals surface area (Å²) < 4.78 is 12.2. The van der Waals surface area contributed by atoms with Crippen LogP contribution in [0.15, 0.2) is 57.8 Å². The molecule has 0 atom stereocenters. The summed E-state index contributed by atoms with van der Waals surface area (Å²) in [4.78, 5) is 16.3.